The molecule has 2 rings (SSSR count). The van der Waals surface area contributed by atoms with Crippen molar-refractivity contribution >= 4 is 74.0 Å². The van der Waals surface area contributed by atoms with Gasteiger partial charge < -0.3 is 5.32 Å². The van der Waals surface area contributed by atoms with Crippen LogP contribution < -0.4 is 5.32 Å². The van der Waals surface area contributed by atoms with E-state index in [1.54, 1.807) is 17.8 Å². The lowest BCUT2D eigenvalue weighted by Gasteiger charge is -2.15. The van der Waals surface area contributed by atoms with E-state index in [1.807, 2.05) is 54.6 Å². The number of benzene rings is 2. The zero-order valence-corrected chi connectivity index (χ0v) is 18.2. The molecule has 26 heavy (non-hydrogen) atoms. The van der Waals surface area contributed by atoms with Gasteiger partial charge in [0.05, 0.1) is 0 Å². The van der Waals surface area contributed by atoms with E-state index in [4.69, 9.17) is 34.8 Å². The highest BCUT2D eigenvalue weighted by Gasteiger charge is 2.31. The van der Waals surface area contributed by atoms with E-state index >= 15 is 0 Å². The van der Waals surface area contributed by atoms with Crippen LogP contribution in [0.25, 0.3) is 5.57 Å². The summed E-state index contributed by atoms with van der Waals surface area (Å²) < 4.78 is -1.06. The van der Waals surface area contributed by atoms with Gasteiger partial charge in [-0.15, -0.1) is 11.8 Å². The molecular weight excluding hydrogens is 477 g/mol. The molecule has 0 radical (unpaired) electrons. The van der Waals surface area contributed by atoms with Gasteiger partial charge in [0.15, 0.2) is 0 Å². The molecule has 0 aliphatic carbocycles. The topological polar surface area (TPSA) is 29.1 Å². The maximum absolute atomic E-state index is 12.1. The van der Waals surface area contributed by atoms with Crippen LogP contribution in [0.2, 0.25) is 0 Å². The quantitative estimate of drug-likeness (QED) is 0.279. The SMILES string of the molecule is C=C(/C=C(/CSc1ccccc1)NC(=O)C(Cl)(Cl)Cl)c1ccc(Br)cc1. The van der Waals surface area contributed by atoms with Gasteiger partial charge in [-0.3, -0.25) is 4.79 Å². The molecule has 136 valence electrons. The maximum Gasteiger partial charge on any atom is 0.276 e. The largest absolute Gasteiger partial charge is 0.325 e. The molecule has 1 amide bonds. The zero-order valence-electron chi connectivity index (χ0n) is 13.5. The minimum atomic E-state index is -2.03. The Morgan fingerprint density at radius 1 is 1.12 bits per heavy atom. The van der Waals surface area contributed by atoms with Crippen molar-refractivity contribution < 1.29 is 4.79 Å². The first-order valence-corrected chi connectivity index (χ1v) is 10.4. The van der Waals surface area contributed by atoms with Gasteiger partial charge >= 0.3 is 0 Å². The summed E-state index contributed by atoms with van der Waals surface area (Å²) in [6.45, 7) is 4.07. The standard InChI is InChI=1S/C19H15BrCl3NOS/c1-13(14-7-9-15(20)10-8-14)11-16(24-18(25)19(21,22)23)12-26-17-5-3-2-4-6-17/h2-11H,1,12H2,(H,24,25)/b16-11-. The lowest BCUT2D eigenvalue weighted by atomic mass is 10.1. The Kier molecular flexibility index (Phi) is 8.11. The van der Waals surface area contributed by atoms with E-state index in [1.165, 1.54) is 0 Å². The van der Waals surface area contributed by atoms with E-state index in [-0.39, 0.29) is 0 Å². The molecule has 2 aromatic carbocycles. The predicted molar refractivity (Wildman–Crippen MR) is 117 cm³/mol. The molecular formula is C19H15BrCl3NOS. The van der Waals surface area contributed by atoms with Crippen molar-refractivity contribution in [2.45, 2.75) is 8.69 Å². The highest BCUT2D eigenvalue weighted by Crippen LogP contribution is 2.28. The average Bonchev–Trinajstić information content (AvgIpc) is 2.60. The lowest BCUT2D eigenvalue weighted by molar-refractivity contribution is -0.119. The Hall–Kier alpha value is -0.910. The fraction of sp³-hybridized carbons (Fsp3) is 0.105. The third-order valence-corrected chi connectivity index (χ3v) is 5.34. The molecule has 0 saturated heterocycles. The lowest BCUT2D eigenvalue weighted by Crippen LogP contribution is -2.34. The number of carbonyl (C=O) groups excluding carboxylic acids is 1. The van der Waals surface area contributed by atoms with E-state index in [0.717, 1.165) is 20.5 Å². The summed E-state index contributed by atoms with van der Waals surface area (Å²) in [4.78, 5) is 13.1. The zero-order chi connectivity index (χ0) is 19.2. The van der Waals surface area contributed by atoms with Crippen LogP contribution in [-0.4, -0.2) is 15.5 Å². The first-order chi connectivity index (χ1) is 12.3. The first kappa shape index (κ1) is 21.4. The van der Waals surface area contributed by atoms with E-state index < -0.39 is 9.70 Å². The molecule has 0 aliphatic rings. The van der Waals surface area contributed by atoms with Crippen LogP contribution >= 0.6 is 62.5 Å². The Morgan fingerprint density at radius 2 is 1.73 bits per heavy atom. The number of nitrogens with one attached hydrogen (secondary N) is 1. The number of rotatable bonds is 6. The Labute approximate surface area is 180 Å². The van der Waals surface area contributed by atoms with Gasteiger partial charge in [0.1, 0.15) is 0 Å². The van der Waals surface area contributed by atoms with Crippen molar-refractivity contribution in [2.75, 3.05) is 5.75 Å². The van der Waals surface area contributed by atoms with Crippen molar-refractivity contribution in [3.05, 3.63) is 83.0 Å². The number of hydrogen-bond donors (Lipinski definition) is 1. The van der Waals surface area contributed by atoms with Gasteiger partial charge in [-0.2, -0.15) is 0 Å². The van der Waals surface area contributed by atoms with Crippen molar-refractivity contribution in [2.24, 2.45) is 0 Å². The number of alkyl halides is 3. The molecule has 0 heterocycles. The number of hydrogen-bond acceptors (Lipinski definition) is 2. The van der Waals surface area contributed by atoms with Crippen LogP contribution in [0.3, 0.4) is 0 Å². The molecule has 0 unspecified atom stereocenters. The van der Waals surface area contributed by atoms with Crippen LogP contribution in [0.5, 0.6) is 0 Å². The highest BCUT2D eigenvalue weighted by atomic mass is 79.9. The molecule has 7 heteroatoms. The number of halogens is 4. The van der Waals surface area contributed by atoms with E-state index in [0.29, 0.717) is 11.4 Å². The summed E-state index contributed by atoms with van der Waals surface area (Å²) in [6, 6.07) is 17.5. The minimum absolute atomic E-state index is 0.492. The van der Waals surface area contributed by atoms with Gasteiger partial charge in [0, 0.05) is 20.8 Å². The van der Waals surface area contributed by atoms with Crippen molar-refractivity contribution in [3.8, 4) is 0 Å². The highest BCUT2D eigenvalue weighted by molar-refractivity contribution is 9.10. The predicted octanol–water partition coefficient (Wildman–Crippen LogP) is 6.62. The molecule has 0 aliphatic heterocycles. The summed E-state index contributed by atoms with van der Waals surface area (Å²) in [5, 5.41) is 2.67. The van der Waals surface area contributed by atoms with Gasteiger partial charge in [-0.25, -0.2) is 0 Å². The van der Waals surface area contributed by atoms with Crippen LogP contribution in [0, 0.1) is 0 Å². The van der Waals surface area contributed by atoms with Gasteiger partial charge in [-0.05, 0) is 41.5 Å². The summed E-state index contributed by atoms with van der Waals surface area (Å²) in [5.41, 5.74) is 2.27. The van der Waals surface area contributed by atoms with Crippen molar-refractivity contribution in [1.82, 2.24) is 5.32 Å². The third-order valence-electron chi connectivity index (χ3n) is 3.23. The summed E-state index contributed by atoms with van der Waals surface area (Å²) in [5.74, 6) is -0.211. The van der Waals surface area contributed by atoms with Gasteiger partial charge in [0.25, 0.3) is 9.70 Å². The molecule has 2 nitrogen and oxygen atoms in total. The third kappa shape index (κ3) is 7.01. The van der Waals surface area contributed by atoms with Crippen LogP contribution in [0.1, 0.15) is 5.56 Å². The Morgan fingerprint density at radius 3 is 2.31 bits per heavy atom. The average molecular weight is 492 g/mol. The minimum Gasteiger partial charge on any atom is -0.325 e. The molecule has 0 saturated carbocycles. The summed E-state index contributed by atoms with van der Waals surface area (Å²) in [6.07, 6.45) is 1.79. The monoisotopic (exact) mass is 489 g/mol. The van der Waals surface area contributed by atoms with Crippen molar-refractivity contribution in [1.29, 1.82) is 0 Å². The Bertz CT molecular complexity index is 802. The van der Waals surface area contributed by atoms with Gasteiger partial charge in [-0.1, -0.05) is 87.6 Å². The molecule has 0 aromatic heterocycles. The first-order valence-electron chi connectivity index (χ1n) is 7.47. The molecule has 0 bridgehead atoms. The maximum atomic E-state index is 12.1. The van der Waals surface area contributed by atoms with E-state index in [9.17, 15) is 4.79 Å². The normalized spacial score (nSPS) is 11.9. The second-order valence-electron chi connectivity index (χ2n) is 5.26. The molecule has 1 N–H and O–H groups in total. The number of allylic oxidation sites excluding steroid dienone is 2. The fourth-order valence-corrected chi connectivity index (χ4v) is 3.20. The summed E-state index contributed by atoms with van der Waals surface area (Å²) in [7, 11) is 0. The second-order valence-corrected chi connectivity index (χ2v) is 9.50. The summed E-state index contributed by atoms with van der Waals surface area (Å²) >= 11 is 22.0. The molecule has 0 fully saturated rings. The van der Waals surface area contributed by atoms with E-state index in [2.05, 4.69) is 27.8 Å². The Balaban J connectivity index is 2.19. The number of thioether (sulfide) groups is 1. The second kappa shape index (κ2) is 9.86. The van der Waals surface area contributed by atoms with Crippen LogP contribution in [0.15, 0.2) is 82.3 Å². The number of carbonyl (C=O) groups is 1. The fourth-order valence-electron chi connectivity index (χ4n) is 1.97. The van der Waals surface area contributed by atoms with Crippen LogP contribution in [0.4, 0.5) is 0 Å². The van der Waals surface area contributed by atoms with Crippen LogP contribution in [-0.2, 0) is 4.79 Å². The van der Waals surface area contributed by atoms with Gasteiger partial charge in [0.2, 0.25) is 0 Å². The molecule has 0 spiro atoms. The molecule has 2 aromatic rings. The molecule has 0 atom stereocenters. The number of amides is 1. The van der Waals surface area contributed by atoms with Crippen molar-refractivity contribution in [3.63, 3.8) is 0 Å². The smallest absolute Gasteiger partial charge is 0.276 e.